The second-order valence-corrected chi connectivity index (χ2v) is 9.17. The Bertz CT molecular complexity index is 623. The van der Waals surface area contributed by atoms with Gasteiger partial charge in [0.1, 0.15) is 0 Å². The molecule has 0 bridgehead atoms. The highest BCUT2D eigenvalue weighted by Gasteiger charge is 2.50. The minimum absolute atomic E-state index is 0. The van der Waals surface area contributed by atoms with E-state index in [2.05, 4.69) is 15.6 Å². The Balaban J connectivity index is 0.00000450. The number of hydrogen-bond acceptors (Lipinski definition) is 5. The first kappa shape index (κ1) is 27.7. The van der Waals surface area contributed by atoms with Gasteiger partial charge in [-0.15, -0.1) is 24.0 Å². The molecular formula is C17H32F3IN4O4S. The summed E-state index contributed by atoms with van der Waals surface area (Å²) in [6.45, 7) is 3.01. The molecule has 0 aliphatic carbocycles. The predicted molar refractivity (Wildman–Crippen MR) is 118 cm³/mol. The third-order valence-corrected chi connectivity index (χ3v) is 6.70. The number of aliphatic imine (C=N–C) groups is 1. The smallest absolute Gasteiger partial charge is 0.379 e. The number of sulfonamides is 1. The Kier molecular flexibility index (Phi) is 12.2. The lowest BCUT2D eigenvalue weighted by Gasteiger charge is -2.31. The number of halogens is 4. The molecule has 178 valence electrons. The molecule has 0 amide bonds. The van der Waals surface area contributed by atoms with E-state index in [1.54, 1.807) is 7.05 Å². The van der Waals surface area contributed by atoms with Crippen molar-refractivity contribution in [3.8, 4) is 0 Å². The van der Waals surface area contributed by atoms with E-state index >= 15 is 0 Å². The molecule has 2 fully saturated rings. The van der Waals surface area contributed by atoms with Gasteiger partial charge < -0.3 is 20.1 Å². The van der Waals surface area contributed by atoms with Crippen molar-refractivity contribution in [1.82, 2.24) is 14.9 Å². The summed E-state index contributed by atoms with van der Waals surface area (Å²) in [6, 6.07) is 0. The van der Waals surface area contributed by atoms with Gasteiger partial charge in [-0.05, 0) is 38.0 Å². The Morgan fingerprint density at radius 1 is 1.23 bits per heavy atom. The fraction of sp³-hybridized carbons (Fsp3) is 0.941. The van der Waals surface area contributed by atoms with Gasteiger partial charge in [0.15, 0.2) is 5.96 Å². The molecule has 0 spiro atoms. The van der Waals surface area contributed by atoms with Crippen LogP contribution in [0.15, 0.2) is 4.99 Å². The van der Waals surface area contributed by atoms with Gasteiger partial charge in [0.05, 0.1) is 12.7 Å². The van der Waals surface area contributed by atoms with Gasteiger partial charge in [-0.1, -0.05) is 0 Å². The Morgan fingerprint density at radius 2 is 1.93 bits per heavy atom. The lowest BCUT2D eigenvalue weighted by atomic mass is 9.98. The van der Waals surface area contributed by atoms with Crippen LogP contribution >= 0.6 is 24.0 Å². The third-order valence-electron chi connectivity index (χ3n) is 5.07. The molecule has 30 heavy (non-hydrogen) atoms. The molecule has 2 heterocycles. The number of nitrogens with zero attached hydrogens (tertiary/aromatic N) is 2. The highest BCUT2D eigenvalue weighted by Crippen LogP contribution is 2.30. The average Bonchev–Trinajstić information content (AvgIpc) is 3.20. The van der Waals surface area contributed by atoms with E-state index in [-0.39, 0.29) is 49.1 Å². The molecular weight excluding hydrogens is 540 g/mol. The number of guanidine groups is 1. The summed E-state index contributed by atoms with van der Waals surface area (Å²) < 4.78 is 72.3. The topological polar surface area (TPSA) is 92.3 Å². The fourth-order valence-electron chi connectivity index (χ4n) is 3.33. The van der Waals surface area contributed by atoms with Crippen molar-refractivity contribution in [2.24, 2.45) is 10.9 Å². The van der Waals surface area contributed by atoms with Crippen molar-refractivity contribution in [1.29, 1.82) is 0 Å². The standard InChI is InChI=1S/C17H31F3N4O4S.HI/c1-21-16(22-7-3-10-27-13-15-4-2-11-28-15)23-12-14-5-8-24(9-6-14)29(25,26)17(18,19)20;/h14-15H,2-13H2,1H3,(H2,21,22,23);1H. The Hall–Kier alpha value is -0.380. The summed E-state index contributed by atoms with van der Waals surface area (Å²) in [6.07, 6.45) is 3.91. The first-order valence-corrected chi connectivity index (χ1v) is 11.4. The first-order chi connectivity index (χ1) is 13.7. The van der Waals surface area contributed by atoms with Crippen LogP contribution in [0.5, 0.6) is 0 Å². The second-order valence-electron chi connectivity index (χ2n) is 7.24. The summed E-state index contributed by atoms with van der Waals surface area (Å²) in [5.74, 6) is 0.692. The molecule has 0 aromatic heterocycles. The monoisotopic (exact) mass is 572 g/mol. The molecule has 13 heteroatoms. The van der Waals surface area contributed by atoms with Gasteiger partial charge in [0, 0.05) is 46.4 Å². The van der Waals surface area contributed by atoms with Gasteiger partial charge in [0.2, 0.25) is 0 Å². The van der Waals surface area contributed by atoms with Crippen LogP contribution in [-0.4, -0.2) is 83.3 Å². The van der Waals surface area contributed by atoms with Crippen molar-refractivity contribution in [3.63, 3.8) is 0 Å². The van der Waals surface area contributed by atoms with Crippen molar-refractivity contribution >= 4 is 40.0 Å². The van der Waals surface area contributed by atoms with Crippen LogP contribution in [0.4, 0.5) is 13.2 Å². The van der Waals surface area contributed by atoms with Crippen LogP contribution in [0.25, 0.3) is 0 Å². The van der Waals surface area contributed by atoms with Gasteiger partial charge in [-0.25, -0.2) is 8.42 Å². The molecule has 0 aromatic carbocycles. The molecule has 2 aliphatic heterocycles. The van der Waals surface area contributed by atoms with Gasteiger partial charge in [-0.2, -0.15) is 17.5 Å². The van der Waals surface area contributed by atoms with E-state index < -0.39 is 15.5 Å². The summed E-state index contributed by atoms with van der Waals surface area (Å²) in [5.41, 5.74) is -5.24. The summed E-state index contributed by atoms with van der Waals surface area (Å²) in [4.78, 5) is 4.12. The lowest BCUT2D eigenvalue weighted by molar-refractivity contribution is -0.0496. The maximum Gasteiger partial charge on any atom is 0.511 e. The van der Waals surface area contributed by atoms with Crippen LogP contribution in [0.2, 0.25) is 0 Å². The molecule has 2 N–H and O–H groups in total. The van der Waals surface area contributed by atoms with E-state index in [0.717, 1.165) is 25.9 Å². The minimum Gasteiger partial charge on any atom is -0.379 e. The molecule has 0 aromatic rings. The van der Waals surface area contributed by atoms with Crippen LogP contribution in [0, 0.1) is 5.92 Å². The van der Waals surface area contributed by atoms with E-state index in [1.807, 2.05) is 0 Å². The normalized spacial score (nSPS) is 22.0. The van der Waals surface area contributed by atoms with Crippen LogP contribution in [-0.2, 0) is 19.5 Å². The van der Waals surface area contributed by atoms with Gasteiger partial charge in [-0.3, -0.25) is 4.99 Å². The first-order valence-electron chi connectivity index (χ1n) is 9.94. The summed E-state index contributed by atoms with van der Waals surface area (Å²) in [7, 11) is -3.59. The SMILES string of the molecule is CN=C(NCCCOCC1CCCO1)NCC1CCN(S(=O)(=O)C(F)(F)F)CC1.I. The van der Waals surface area contributed by atoms with Crippen LogP contribution in [0.1, 0.15) is 32.1 Å². The van der Waals surface area contributed by atoms with E-state index in [4.69, 9.17) is 9.47 Å². The predicted octanol–water partition coefficient (Wildman–Crippen LogP) is 1.92. The Labute approximate surface area is 193 Å². The van der Waals surface area contributed by atoms with Gasteiger partial charge in [0.25, 0.3) is 0 Å². The van der Waals surface area contributed by atoms with Crippen molar-refractivity contribution < 1.29 is 31.1 Å². The quantitative estimate of drug-likeness (QED) is 0.190. The van der Waals surface area contributed by atoms with Crippen LogP contribution < -0.4 is 10.6 Å². The maximum absolute atomic E-state index is 12.6. The molecule has 1 atom stereocenters. The lowest BCUT2D eigenvalue weighted by Crippen LogP contribution is -2.47. The van der Waals surface area contributed by atoms with Crippen molar-refractivity contribution in [3.05, 3.63) is 0 Å². The molecule has 1 unspecified atom stereocenters. The number of nitrogens with one attached hydrogen (secondary N) is 2. The molecule has 2 rings (SSSR count). The maximum atomic E-state index is 12.6. The average molecular weight is 572 g/mol. The number of piperidine rings is 1. The molecule has 0 radical (unpaired) electrons. The zero-order valence-electron chi connectivity index (χ0n) is 17.1. The van der Waals surface area contributed by atoms with Gasteiger partial charge >= 0.3 is 15.5 Å². The number of alkyl halides is 3. The largest absolute Gasteiger partial charge is 0.511 e. The summed E-state index contributed by atoms with van der Waals surface area (Å²) >= 11 is 0. The van der Waals surface area contributed by atoms with E-state index in [1.165, 1.54) is 0 Å². The zero-order valence-corrected chi connectivity index (χ0v) is 20.3. The van der Waals surface area contributed by atoms with Crippen LogP contribution in [0.3, 0.4) is 0 Å². The summed E-state index contributed by atoms with van der Waals surface area (Å²) in [5, 5.41) is 6.31. The zero-order chi connectivity index (χ0) is 21.3. The number of rotatable bonds is 9. The molecule has 8 nitrogen and oxygen atoms in total. The Morgan fingerprint density at radius 3 is 2.50 bits per heavy atom. The fourth-order valence-corrected chi connectivity index (χ4v) is 4.32. The molecule has 2 saturated heterocycles. The number of ether oxygens (including phenoxy) is 2. The minimum atomic E-state index is -5.24. The number of hydrogen-bond donors (Lipinski definition) is 2. The third kappa shape index (κ3) is 8.63. The highest BCUT2D eigenvalue weighted by atomic mass is 127. The van der Waals surface area contributed by atoms with Crippen molar-refractivity contribution in [2.45, 2.75) is 43.7 Å². The van der Waals surface area contributed by atoms with E-state index in [0.29, 0.717) is 49.4 Å². The second kappa shape index (κ2) is 13.2. The molecule has 0 saturated carbocycles. The van der Waals surface area contributed by atoms with E-state index in [9.17, 15) is 21.6 Å². The van der Waals surface area contributed by atoms with Crippen molar-refractivity contribution in [2.75, 3.05) is 53.0 Å². The highest BCUT2D eigenvalue weighted by molar-refractivity contribution is 14.0. The molecule has 2 aliphatic rings.